The summed E-state index contributed by atoms with van der Waals surface area (Å²) in [6.07, 6.45) is 1.44. The van der Waals surface area contributed by atoms with E-state index in [2.05, 4.69) is 15.6 Å². The standard InChI is InChI=1S/C18H23B3FN5O4S/c1-17(9-32(29,30)27(2)16(23)26-17)12-7-10(3-5-13(12)22)25-15(28)14-6-4-11(8-24-14)31-18(19,20)21/h3-8H,9,19-21H2,1-2H3,(H2,23,26)(H,25,28)/t17-/m0/s1. The monoisotopic (exact) mass is 457 g/mol. The lowest BCUT2D eigenvalue weighted by atomic mass is 9.52. The third kappa shape index (κ3) is 5.06. The second-order valence-corrected chi connectivity index (χ2v) is 10.8. The molecule has 1 aliphatic heterocycles. The maximum Gasteiger partial charge on any atom is 0.274 e. The number of hydrogen-bond donors (Lipinski definition) is 3. The molecule has 32 heavy (non-hydrogen) atoms. The minimum Gasteiger partial charge on any atom is -0.512 e. The third-order valence-electron chi connectivity index (χ3n) is 4.81. The molecule has 9 nitrogen and oxygen atoms in total. The number of carbonyl (C=O) groups excluding carboxylic acids is 1. The SMILES string of the molecule is BC(B)(B)Oc1ccc(C(=O)Nc2ccc(F)c([C@]3(C)CS(=O)(=O)N(C)C(=N)N3)c2)nc1. The first-order valence-corrected chi connectivity index (χ1v) is 11.4. The van der Waals surface area contributed by atoms with Gasteiger partial charge in [-0.05, 0) is 37.3 Å². The lowest BCUT2D eigenvalue weighted by Crippen LogP contribution is -2.61. The van der Waals surface area contributed by atoms with Crippen molar-refractivity contribution in [3.63, 3.8) is 0 Å². The number of rotatable bonds is 5. The normalized spacial score (nSPS) is 20.3. The van der Waals surface area contributed by atoms with E-state index in [1.807, 2.05) is 23.5 Å². The number of pyridine rings is 1. The number of nitrogens with zero attached hydrogens (tertiary/aromatic N) is 2. The van der Waals surface area contributed by atoms with Crippen molar-refractivity contribution in [1.29, 1.82) is 5.41 Å². The van der Waals surface area contributed by atoms with Crippen LogP contribution in [0.15, 0.2) is 36.5 Å². The van der Waals surface area contributed by atoms with E-state index >= 15 is 0 Å². The summed E-state index contributed by atoms with van der Waals surface area (Å²) in [6.45, 7) is 1.49. The second-order valence-electron chi connectivity index (χ2n) is 8.77. The predicted octanol–water partition coefficient (Wildman–Crippen LogP) is -1.62. The highest BCUT2D eigenvalue weighted by Gasteiger charge is 2.43. The van der Waals surface area contributed by atoms with Gasteiger partial charge >= 0.3 is 0 Å². The Labute approximate surface area is 188 Å². The van der Waals surface area contributed by atoms with Gasteiger partial charge in [0.25, 0.3) is 5.91 Å². The Morgan fingerprint density at radius 1 is 1.34 bits per heavy atom. The topological polar surface area (TPSA) is 124 Å². The Bertz CT molecular complexity index is 1170. The molecule has 14 heteroatoms. The molecule has 2 heterocycles. The minimum absolute atomic E-state index is 0.0126. The van der Waals surface area contributed by atoms with Crippen LogP contribution in [0.25, 0.3) is 0 Å². The van der Waals surface area contributed by atoms with Crippen LogP contribution in [0, 0.1) is 11.2 Å². The van der Waals surface area contributed by atoms with Gasteiger partial charge in [-0.25, -0.2) is 22.1 Å². The number of ether oxygens (including phenoxy) is 1. The smallest absolute Gasteiger partial charge is 0.274 e. The Morgan fingerprint density at radius 2 is 2.03 bits per heavy atom. The Balaban J connectivity index is 1.83. The molecule has 0 unspecified atom stereocenters. The van der Waals surface area contributed by atoms with Crippen molar-refractivity contribution in [3.8, 4) is 5.75 Å². The Morgan fingerprint density at radius 3 is 2.59 bits per heavy atom. The summed E-state index contributed by atoms with van der Waals surface area (Å²) in [6, 6.07) is 7.00. The maximum absolute atomic E-state index is 14.7. The van der Waals surface area contributed by atoms with Crippen LogP contribution in [0.1, 0.15) is 23.0 Å². The molecule has 1 aliphatic rings. The number of halogens is 1. The van der Waals surface area contributed by atoms with Gasteiger partial charge in [0.2, 0.25) is 16.0 Å². The fraction of sp³-hybridized carbons (Fsp3) is 0.278. The summed E-state index contributed by atoms with van der Waals surface area (Å²) in [7, 11) is 3.13. The van der Waals surface area contributed by atoms with Crippen molar-refractivity contribution in [2.75, 3.05) is 18.1 Å². The molecule has 0 aliphatic carbocycles. The van der Waals surface area contributed by atoms with E-state index in [4.69, 9.17) is 10.1 Å². The molecular formula is C18H23B3FN5O4S. The highest BCUT2D eigenvalue weighted by molar-refractivity contribution is 7.89. The lowest BCUT2D eigenvalue weighted by Gasteiger charge is -2.40. The minimum atomic E-state index is -3.81. The zero-order valence-corrected chi connectivity index (χ0v) is 19.3. The lowest BCUT2D eigenvalue weighted by molar-refractivity contribution is 0.102. The van der Waals surface area contributed by atoms with E-state index in [0.29, 0.717) is 5.75 Å². The molecule has 3 rings (SSSR count). The van der Waals surface area contributed by atoms with Crippen molar-refractivity contribution in [2.24, 2.45) is 0 Å². The highest BCUT2D eigenvalue weighted by Crippen LogP contribution is 2.31. The number of carbonyl (C=O) groups is 1. The summed E-state index contributed by atoms with van der Waals surface area (Å²) in [5.74, 6) is -1.49. The maximum atomic E-state index is 14.7. The fourth-order valence-electron chi connectivity index (χ4n) is 3.27. The summed E-state index contributed by atoms with van der Waals surface area (Å²) in [4.78, 5) is 16.7. The second kappa shape index (κ2) is 8.16. The number of aromatic nitrogens is 1. The van der Waals surface area contributed by atoms with Gasteiger partial charge in [-0.15, -0.1) is 0 Å². The number of sulfonamides is 1. The van der Waals surface area contributed by atoms with Crippen molar-refractivity contribution in [2.45, 2.75) is 17.8 Å². The van der Waals surface area contributed by atoms with Crippen LogP contribution in [-0.4, -0.2) is 71.2 Å². The van der Waals surface area contributed by atoms with Gasteiger partial charge in [-0.3, -0.25) is 10.2 Å². The molecule has 166 valence electrons. The molecule has 0 radical (unpaired) electrons. The number of anilines is 1. The number of guanidine groups is 1. The zero-order valence-electron chi connectivity index (χ0n) is 18.5. The average molecular weight is 457 g/mol. The Hall–Kier alpha value is -3.02. The van der Waals surface area contributed by atoms with Gasteiger partial charge in [0.15, 0.2) is 0 Å². The van der Waals surface area contributed by atoms with Crippen LogP contribution in [-0.2, 0) is 15.6 Å². The van der Waals surface area contributed by atoms with Crippen molar-refractivity contribution in [3.05, 3.63) is 53.6 Å². The molecule has 2 aromatic rings. The molecular weight excluding hydrogens is 434 g/mol. The van der Waals surface area contributed by atoms with Gasteiger partial charge in [-0.1, -0.05) is 0 Å². The molecule has 1 saturated heterocycles. The largest absolute Gasteiger partial charge is 0.512 e. The van der Waals surface area contributed by atoms with Gasteiger partial charge in [0.05, 0.1) is 17.5 Å². The molecule has 1 aromatic heterocycles. The summed E-state index contributed by atoms with van der Waals surface area (Å²) in [5.41, 5.74) is -0.991. The molecule has 1 fully saturated rings. The van der Waals surface area contributed by atoms with Crippen LogP contribution in [0.4, 0.5) is 10.1 Å². The number of amides is 1. The average Bonchev–Trinajstić information content (AvgIpc) is 2.66. The molecule has 0 saturated carbocycles. The summed E-state index contributed by atoms with van der Waals surface area (Å²) >= 11 is 0. The first-order chi connectivity index (χ1) is 14.7. The Kier molecular flexibility index (Phi) is 6.03. The summed E-state index contributed by atoms with van der Waals surface area (Å²) in [5, 5.41) is 12.9. The van der Waals surface area contributed by atoms with E-state index < -0.39 is 38.3 Å². The fourth-order valence-corrected chi connectivity index (χ4v) is 4.75. The van der Waals surface area contributed by atoms with Crippen LogP contribution in [0.5, 0.6) is 5.75 Å². The van der Waals surface area contributed by atoms with Crippen LogP contribution < -0.4 is 15.4 Å². The number of hydrogen-bond acceptors (Lipinski definition) is 6. The van der Waals surface area contributed by atoms with Crippen LogP contribution >= 0.6 is 0 Å². The van der Waals surface area contributed by atoms with Gasteiger partial charge < -0.3 is 15.4 Å². The molecule has 0 bridgehead atoms. The van der Waals surface area contributed by atoms with Gasteiger partial charge in [-0.2, -0.15) is 0 Å². The third-order valence-corrected chi connectivity index (χ3v) is 6.77. The molecule has 1 amide bonds. The van der Waals surface area contributed by atoms with Crippen LogP contribution in [0.2, 0.25) is 0 Å². The van der Waals surface area contributed by atoms with E-state index in [-0.39, 0.29) is 22.9 Å². The predicted molar refractivity (Wildman–Crippen MR) is 127 cm³/mol. The quantitative estimate of drug-likeness (QED) is 0.464. The first kappa shape index (κ1) is 23.6. The highest BCUT2D eigenvalue weighted by atomic mass is 32.2. The summed E-state index contributed by atoms with van der Waals surface area (Å²) < 4.78 is 45.9. The van der Waals surface area contributed by atoms with E-state index in [9.17, 15) is 17.6 Å². The molecule has 3 N–H and O–H groups in total. The van der Waals surface area contributed by atoms with Crippen molar-refractivity contribution in [1.82, 2.24) is 14.6 Å². The van der Waals surface area contributed by atoms with Gasteiger partial charge in [0.1, 0.15) is 40.8 Å². The number of benzene rings is 1. The molecule has 1 aromatic carbocycles. The van der Waals surface area contributed by atoms with E-state index in [1.165, 1.54) is 38.4 Å². The van der Waals surface area contributed by atoms with Crippen molar-refractivity contribution >= 4 is 51.1 Å². The van der Waals surface area contributed by atoms with E-state index in [1.54, 1.807) is 6.07 Å². The zero-order chi connectivity index (χ0) is 23.9. The van der Waals surface area contributed by atoms with Crippen molar-refractivity contribution < 1.29 is 22.3 Å². The van der Waals surface area contributed by atoms with Gasteiger partial charge in [0, 0.05) is 23.6 Å². The van der Waals surface area contributed by atoms with E-state index in [0.717, 1.165) is 10.4 Å². The molecule has 0 spiro atoms. The molecule has 1 atom stereocenters. The first-order valence-electron chi connectivity index (χ1n) is 9.80. The van der Waals surface area contributed by atoms with Crippen LogP contribution in [0.3, 0.4) is 0 Å². The number of nitrogens with one attached hydrogen (secondary N) is 3.